The number of Topliss-reactive ketones (excluding diaryl/α,β-unsaturated/α-hetero) is 1. The van der Waals surface area contributed by atoms with E-state index in [-0.39, 0.29) is 24.9 Å². The molecule has 1 aliphatic heterocycles. The molecule has 1 heterocycles. The molecule has 0 aliphatic carbocycles. The van der Waals surface area contributed by atoms with E-state index in [4.69, 9.17) is 14.6 Å². The molecular formula is C16H19NO6S. The summed E-state index contributed by atoms with van der Waals surface area (Å²) in [5.74, 6) is -1.92. The average molecular weight is 353 g/mol. The molecule has 1 aromatic rings. The summed E-state index contributed by atoms with van der Waals surface area (Å²) in [6, 6.07) is 4.13. The normalized spacial score (nSPS) is 14.8. The molecule has 0 aromatic heterocycles. The van der Waals surface area contributed by atoms with Gasteiger partial charge in [-0.25, -0.2) is 4.79 Å². The number of carboxylic acids is 1. The molecule has 0 radical (unpaired) electrons. The number of rotatable bonds is 7. The van der Waals surface area contributed by atoms with E-state index in [0.29, 0.717) is 11.5 Å². The van der Waals surface area contributed by atoms with Gasteiger partial charge in [0.2, 0.25) is 12.7 Å². The van der Waals surface area contributed by atoms with Crippen LogP contribution >= 0.6 is 12.6 Å². The van der Waals surface area contributed by atoms with Crippen LogP contribution in [0.2, 0.25) is 0 Å². The van der Waals surface area contributed by atoms with Crippen molar-refractivity contribution in [3.8, 4) is 11.5 Å². The summed E-state index contributed by atoms with van der Waals surface area (Å²) < 4.78 is 10.5. The van der Waals surface area contributed by atoms with Crippen molar-refractivity contribution in [3.05, 3.63) is 23.8 Å². The Kier molecular flexibility index (Phi) is 5.71. The summed E-state index contributed by atoms with van der Waals surface area (Å²) >= 11 is 4.03. The van der Waals surface area contributed by atoms with Gasteiger partial charge < -0.3 is 19.5 Å². The number of amides is 1. The van der Waals surface area contributed by atoms with E-state index in [2.05, 4.69) is 12.6 Å². The topological polar surface area (TPSA) is 93.1 Å². The molecule has 24 heavy (non-hydrogen) atoms. The van der Waals surface area contributed by atoms with Crippen molar-refractivity contribution in [1.82, 2.24) is 4.90 Å². The predicted molar refractivity (Wildman–Crippen MR) is 88.2 cm³/mol. The largest absolute Gasteiger partial charge is 0.480 e. The fourth-order valence-electron chi connectivity index (χ4n) is 2.43. The summed E-state index contributed by atoms with van der Waals surface area (Å²) in [5.41, 5.74) is 0.731. The maximum absolute atomic E-state index is 12.6. The van der Waals surface area contributed by atoms with Gasteiger partial charge in [0, 0.05) is 0 Å². The zero-order chi connectivity index (χ0) is 17.9. The molecule has 1 aliphatic rings. The molecule has 0 saturated heterocycles. The number of hydrogen-bond acceptors (Lipinski definition) is 6. The van der Waals surface area contributed by atoms with Gasteiger partial charge in [-0.2, -0.15) is 12.6 Å². The van der Waals surface area contributed by atoms with Crippen LogP contribution in [0.5, 0.6) is 11.5 Å². The van der Waals surface area contributed by atoms with E-state index < -0.39 is 23.8 Å². The van der Waals surface area contributed by atoms with Gasteiger partial charge in [0.25, 0.3) is 0 Å². The SMILES string of the molecule is CC(=O)[C@H](Cc1ccc2c(c1)OCO2)C(=O)N(CS)[C@@H](C)C(=O)O. The van der Waals surface area contributed by atoms with Crippen LogP contribution in [0.4, 0.5) is 0 Å². The van der Waals surface area contributed by atoms with Crippen LogP contribution in [0.25, 0.3) is 0 Å². The standard InChI is InChI=1S/C16H19NO6S/c1-9(16(20)21)17(7-24)15(19)12(10(2)18)5-11-3-4-13-14(6-11)23-8-22-13/h3-4,6,9,12,24H,5,7-8H2,1-2H3,(H,20,21)/t9-,12-/m0/s1. The summed E-state index contributed by atoms with van der Waals surface area (Å²) in [6.07, 6.45) is 0.154. The molecule has 130 valence electrons. The number of carboxylic acid groups (broad SMARTS) is 1. The van der Waals surface area contributed by atoms with Crippen molar-refractivity contribution in [2.24, 2.45) is 5.92 Å². The predicted octanol–water partition coefficient (Wildman–Crippen LogP) is 1.35. The Morgan fingerprint density at radius 3 is 2.54 bits per heavy atom. The Labute approximate surface area is 144 Å². The minimum atomic E-state index is -1.15. The number of carbonyl (C=O) groups excluding carboxylic acids is 2. The zero-order valence-electron chi connectivity index (χ0n) is 13.4. The van der Waals surface area contributed by atoms with Gasteiger partial charge in [-0.3, -0.25) is 9.59 Å². The van der Waals surface area contributed by atoms with Gasteiger partial charge in [-0.05, 0) is 38.0 Å². The third kappa shape index (κ3) is 3.81. The Balaban J connectivity index is 2.21. The number of carbonyl (C=O) groups is 3. The number of ketones is 1. The highest BCUT2D eigenvalue weighted by atomic mass is 32.1. The van der Waals surface area contributed by atoms with Gasteiger partial charge in [0.15, 0.2) is 11.5 Å². The van der Waals surface area contributed by atoms with Gasteiger partial charge in [-0.1, -0.05) is 6.07 Å². The Morgan fingerprint density at radius 2 is 1.96 bits per heavy atom. The second-order valence-corrected chi connectivity index (χ2v) is 5.80. The number of fused-ring (bicyclic) bond motifs is 1. The summed E-state index contributed by atoms with van der Waals surface area (Å²) in [5, 5.41) is 9.11. The fourth-order valence-corrected chi connectivity index (χ4v) is 2.81. The molecule has 0 spiro atoms. The van der Waals surface area contributed by atoms with E-state index in [1.165, 1.54) is 13.8 Å². The van der Waals surface area contributed by atoms with E-state index >= 15 is 0 Å². The van der Waals surface area contributed by atoms with Crippen LogP contribution in [-0.2, 0) is 20.8 Å². The molecule has 1 aromatic carbocycles. The van der Waals surface area contributed by atoms with Crippen molar-refractivity contribution < 1.29 is 29.0 Å². The second kappa shape index (κ2) is 7.57. The number of hydrogen-bond donors (Lipinski definition) is 2. The first kappa shape index (κ1) is 18.1. The van der Waals surface area contributed by atoms with Crippen molar-refractivity contribution in [3.63, 3.8) is 0 Å². The number of ether oxygens (including phenoxy) is 2. The molecule has 0 unspecified atom stereocenters. The number of benzene rings is 1. The Bertz CT molecular complexity index is 662. The van der Waals surface area contributed by atoms with E-state index in [0.717, 1.165) is 10.5 Å². The maximum Gasteiger partial charge on any atom is 0.326 e. The Morgan fingerprint density at radius 1 is 1.29 bits per heavy atom. The van der Waals surface area contributed by atoms with Gasteiger partial charge in [0.1, 0.15) is 17.7 Å². The third-order valence-electron chi connectivity index (χ3n) is 3.93. The van der Waals surface area contributed by atoms with Crippen LogP contribution in [0.15, 0.2) is 18.2 Å². The van der Waals surface area contributed by atoms with Gasteiger partial charge in [0.05, 0.1) is 5.88 Å². The van der Waals surface area contributed by atoms with E-state index in [1.54, 1.807) is 18.2 Å². The van der Waals surface area contributed by atoms with Crippen molar-refractivity contribution in [1.29, 1.82) is 0 Å². The molecule has 2 atom stereocenters. The minimum Gasteiger partial charge on any atom is -0.480 e. The summed E-state index contributed by atoms with van der Waals surface area (Å²) in [4.78, 5) is 36.8. The highest BCUT2D eigenvalue weighted by molar-refractivity contribution is 7.80. The summed E-state index contributed by atoms with van der Waals surface area (Å²) in [6.45, 7) is 2.84. The van der Waals surface area contributed by atoms with E-state index in [9.17, 15) is 14.4 Å². The zero-order valence-corrected chi connectivity index (χ0v) is 14.3. The molecular weight excluding hydrogens is 334 g/mol. The molecule has 1 N–H and O–H groups in total. The molecule has 7 nitrogen and oxygen atoms in total. The maximum atomic E-state index is 12.6. The van der Waals surface area contributed by atoms with E-state index in [1.807, 2.05) is 0 Å². The van der Waals surface area contributed by atoms with Crippen molar-refractivity contribution in [2.45, 2.75) is 26.3 Å². The molecule has 8 heteroatoms. The molecule has 1 amide bonds. The lowest BCUT2D eigenvalue weighted by atomic mass is 9.94. The van der Waals surface area contributed by atoms with Crippen LogP contribution in [0, 0.1) is 5.92 Å². The highest BCUT2D eigenvalue weighted by Gasteiger charge is 2.33. The average Bonchev–Trinajstić information content (AvgIpc) is 3.00. The third-order valence-corrected chi connectivity index (χ3v) is 4.23. The fraction of sp³-hybridized carbons (Fsp3) is 0.438. The number of nitrogens with zero attached hydrogens (tertiary/aromatic N) is 1. The quantitative estimate of drug-likeness (QED) is 0.437. The van der Waals surface area contributed by atoms with Crippen LogP contribution in [0.3, 0.4) is 0 Å². The monoisotopic (exact) mass is 353 g/mol. The number of thiol groups is 1. The van der Waals surface area contributed by atoms with Crippen LogP contribution in [-0.4, -0.2) is 46.4 Å². The number of aliphatic carboxylic acids is 1. The lowest BCUT2D eigenvalue weighted by Crippen LogP contribution is -2.47. The Hall–Kier alpha value is -2.22. The molecule has 0 saturated carbocycles. The lowest BCUT2D eigenvalue weighted by Gasteiger charge is -2.28. The van der Waals surface area contributed by atoms with Gasteiger partial charge >= 0.3 is 5.97 Å². The van der Waals surface area contributed by atoms with Crippen LogP contribution in [0.1, 0.15) is 19.4 Å². The molecule has 2 rings (SSSR count). The first-order valence-corrected chi connectivity index (χ1v) is 8.01. The summed E-state index contributed by atoms with van der Waals surface area (Å²) in [7, 11) is 0. The molecule has 0 fully saturated rings. The van der Waals surface area contributed by atoms with Gasteiger partial charge in [-0.15, -0.1) is 0 Å². The van der Waals surface area contributed by atoms with Crippen molar-refractivity contribution >= 4 is 30.3 Å². The lowest BCUT2D eigenvalue weighted by molar-refractivity contribution is -0.151. The first-order chi connectivity index (χ1) is 11.3. The first-order valence-electron chi connectivity index (χ1n) is 7.38. The van der Waals surface area contributed by atoms with Crippen LogP contribution < -0.4 is 9.47 Å². The van der Waals surface area contributed by atoms with Crippen molar-refractivity contribution in [2.75, 3.05) is 12.7 Å². The highest BCUT2D eigenvalue weighted by Crippen LogP contribution is 2.33. The second-order valence-electron chi connectivity index (χ2n) is 5.52. The minimum absolute atomic E-state index is 0.0861. The molecule has 0 bridgehead atoms. The smallest absolute Gasteiger partial charge is 0.326 e.